The van der Waals surface area contributed by atoms with Crippen molar-refractivity contribution in [3.8, 4) is 0 Å². The van der Waals surface area contributed by atoms with Crippen LogP contribution in [0.25, 0.3) is 0 Å². The molecule has 0 spiro atoms. The van der Waals surface area contributed by atoms with E-state index in [4.69, 9.17) is 13.9 Å². The Labute approximate surface area is 146 Å². The molecular weight excluding hydrogens is 324 g/mol. The van der Waals surface area contributed by atoms with Gasteiger partial charge in [0.25, 0.3) is 0 Å². The summed E-state index contributed by atoms with van der Waals surface area (Å²) in [4.78, 5) is 14.0. The first-order chi connectivity index (χ1) is 12.3. The molecule has 1 saturated heterocycles. The Morgan fingerprint density at radius 2 is 2.04 bits per heavy atom. The van der Waals surface area contributed by atoms with Crippen molar-refractivity contribution in [2.45, 2.75) is 12.5 Å². The van der Waals surface area contributed by atoms with Gasteiger partial charge in [0.1, 0.15) is 12.6 Å². The maximum absolute atomic E-state index is 12.0. The summed E-state index contributed by atoms with van der Waals surface area (Å²) in [6, 6.07) is 9.89. The fraction of sp³-hybridized carbons (Fsp3) is 0.471. The molecular formula is C17H22N4O4. The summed E-state index contributed by atoms with van der Waals surface area (Å²) in [5.74, 6) is 0.157. The van der Waals surface area contributed by atoms with E-state index >= 15 is 0 Å². The maximum Gasteiger partial charge on any atom is 0.318 e. The van der Waals surface area contributed by atoms with Crippen LogP contribution in [0.3, 0.4) is 0 Å². The van der Waals surface area contributed by atoms with Gasteiger partial charge < -0.3 is 24.1 Å². The minimum Gasteiger partial charge on any atom is -0.406 e. The first-order valence-electron chi connectivity index (χ1n) is 8.24. The second kappa shape index (κ2) is 8.59. The van der Waals surface area contributed by atoms with Crippen molar-refractivity contribution in [2.24, 2.45) is 0 Å². The predicted molar refractivity (Wildman–Crippen MR) is 90.2 cm³/mol. The molecule has 1 fully saturated rings. The smallest absolute Gasteiger partial charge is 0.318 e. The van der Waals surface area contributed by atoms with Gasteiger partial charge in [-0.2, -0.15) is 0 Å². The quantitative estimate of drug-likeness (QED) is 0.798. The number of rotatable bonds is 7. The topological polar surface area (TPSA) is 89.7 Å². The van der Waals surface area contributed by atoms with Gasteiger partial charge in [-0.05, 0) is 5.56 Å². The maximum atomic E-state index is 12.0. The number of ether oxygens (including phenoxy) is 2. The zero-order valence-corrected chi connectivity index (χ0v) is 14.2. The van der Waals surface area contributed by atoms with Crippen LogP contribution in [0.2, 0.25) is 0 Å². The van der Waals surface area contributed by atoms with E-state index in [0.29, 0.717) is 44.6 Å². The highest BCUT2D eigenvalue weighted by atomic mass is 16.5. The monoisotopic (exact) mass is 346 g/mol. The molecule has 1 N–H and O–H groups in total. The molecule has 0 aliphatic carbocycles. The van der Waals surface area contributed by atoms with Crippen LogP contribution in [-0.4, -0.2) is 56.1 Å². The predicted octanol–water partition coefficient (Wildman–Crippen LogP) is 0.953. The Morgan fingerprint density at radius 3 is 2.76 bits per heavy atom. The van der Waals surface area contributed by atoms with Crippen LogP contribution in [0.1, 0.15) is 17.5 Å². The van der Waals surface area contributed by atoms with Gasteiger partial charge in [-0.25, -0.2) is 0 Å². The fourth-order valence-corrected chi connectivity index (χ4v) is 2.67. The van der Waals surface area contributed by atoms with E-state index in [9.17, 15) is 4.79 Å². The first kappa shape index (κ1) is 17.4. The van der Waals surface area contributed by atoms with Crippen LogP contribution in [0, 0.1) is 0 Å². The van der Waals surface area contributed by atoms with E-state index in [1.165, 1.54) is 7.11 Å². The lowest BCUT2D eigenvalue weighted by Crippen LogP contribution is -2.36. The third-order valence-corrected chi connectivity index (χ3v) is 3.90. The molecule has 0 saturated carbocycles. The highest BCUT2D eigenvalue weighted by Gasteiger charge is 2.24. The molecule has 0 radical (unpaired) electrons. The van der Waals surface area contributed by atoms with Crippen LogP contribution < -0.4 is 10.2 Å². The summed E-state index contributed by atoms with van der Waals surface area (Å²) < 4.78 is 16.1. The third-order valence-electron chi connectivity index (χ3n) is 3.90. The van der Waals surface area contributed by atoms with E-state index in [1.54, 1.807) is 0 Å². The molecule has 2 aromatic rings. The Balaban J connectivity index is 1.75. The van der Waals surface area contributed by atoms with Gasteiger partial charge in [-0.15, -0.1) is 5.10 Å². The normalized spacial score (nSPS) is 15.8. The van der Waals surface area contributed by atoms with Crippen LogP contribution >= 0.6 is 0 Å². The number of amides is 1. The SMILES string of the molecule is COCC(=O)N[C@H](Cc1ccccc1)c1nnc(N2CCOCC2)o1. The standard InChI is InChI=1S/C17H22N4O4/c1-23-12-15(22)18-14(11-13-5-3-2-4-6-13)16-19-20-17(25-16)21-7-9-24-10-8-21/h2-6,14H,7-12H2,1H3,(H,18,22)/t14-/m1/s1. The summed E-state index contributed by atoms with van der Waals surface area (Å²) in [5, 5.41) is 11.2. The number of carbonyl (C=O) groups excluding carboxylic acids is 1. The van der Waals surface area contributed by atoms with E-state index in [1.807, 2.05) is 35.2 Å². The zero-order valence-electron chi connectivity index (χ0n) is 14.2. The average Bonchev–Trinajstić information content (AvgIpc) is 3.13. The molecule has 8 nitrogen and oxygen atoms in total. The highest BCUT2D eigenvalue weighted by molar-refractivity contribution is 5.77. The number of hydrogen-bond acceptors (Lipinski definition) is 7. The highest BCUT2D eigenvalue weighted by Crippen LogP contribution is 2.21. The number of hydrogen-bond donors (Lipinski definition) is 1. The Bertz CT molecular complexity index is 670. The minimum absolute atomic E-state index is 0.0181. The molecule has 3 rings (SSSR count). The largest absolute Gasteiger partial charge is 0.406 e. The molecule has 2 heterocycles. The van der Waals surface area contributed by atoms with Crippen molar-refractivity contribution in [2.75, 3.05) is 44.9 Å². The second-order valence-corrected chi connectivity index (χ2v) is 5.77. The van der Waals surface area contributed by atoms with Gasteiger partial charge in [-0.1, -0.05) is 35.4 Å². The number of nitrogens with zero attached hydrogens (tertiary/aromatic N) is 3. The van der Waals surface area contributed by atoms with Crippen molar-refractivity contribution >= 4 is 11.9 Å². The van der Waals surface area contributed by atoms with Crippen LogP contribution in [0.15, 0.2) is 34.7 Å². The van der Waals surface area contributed by atoms with Gasteiger partial charge in [-0.3, -0.25) is 4.79 Å². The zero-order chi connectivity index (χ0) is 17.5. The number of nitrogens with one attached hydrogen (secondary N) is 1. The van der Waals surface area contributed by atoms with Gasteiger partial charge in [0.05, 0.1) is 13.2 Å². The summed E-state index contributed by atoms with van der Waals surface area (Å²) in [6.07, 6.45) is 0.557. The van der Waals surface area contributed by atoms with E-state index < -0.39 is 6.04 Å². The molecule has 1 aliphatic rings. The second-order valence-electron chi connectivity index (χ2n) is 5.77. The molecule has 8 heteroatoms. The van der Waals surface area contributed by atoms with Crippen LogP contribution in [0.5, 0.6) is 0 Å². The number of benzene rings is 1. The number of morpholine rings is 1. The molecule has 1 aromatic heterocycles. The van der Waals surface area contributed by atoms with E-state index in [0.717, 1.165) is 5.56 Å². The molecule has 1 aromatic carbocycles. The number of aromatic nitrogens is 2. The van der Waals surface area contributed by atoms with Crippen LogP contribution in [-0.2, 0) is 20.7 Å². The fourth-order valence-electron chi connectivity index (χ4n) is 2.67. The molecule has 1 aliphatic heterocycles. The van der Waals surface area contributed by atoms with E-state index in [2.05, 4.69) is 15.5 Å². The lowest BCUT2D eigenvalue weighted by Gasteiger charge is -2.24. The Hall–Kier alpha value is -2.45. The van der Waals surface area contributed by atoms with Gasteiger partial charge in [0, 0.05) is 26.6 Å². The number of anilines is 1. The molecule has 134 valence electrons. The van der Waals surface area contributed by atoms with Crippen LogP contribution in [0.4, 0.5) is 6.01 Å². The first-order valence-corrected chi connectivity index (χ1v) is 8.24. The lowest BCUT2D eigenvalue weighted by atomic mass is 10.1. The van der Waals surface area contributed by atoms with Crippen molar-refractivity contribution in [1.82, 2.24) is 15.5 Å². The van der Waals surface area contributed by atoms with Gasteiger partial charge >= 0.3 is 6.01 Å². The Kier molecular flexibility index (Phi) is 5.97. The number of carbonyl (C=O) groups is 1. The summed E-state index contributed by atoms with van der Waals surface area (Å²) in [6.45, 7) is 2.67. The Morgan fingerprint density at radius 1 is 1.28 bits per heavy atom. The van der Waals surface area contributed by atoms with Crippen molar-refractivity contribution in [3.05, 3.63) is 41.8 Å². The van der Waals surface area contributed by atoms with Gasteiger partial charge in [0.2, 0.25) is 11.8 Å². The molecule has 0 unspecified atom stereocenters. The van der Waals surface area contributed by atoms with E-state index in [-0.39, 0.29) is 12.5 Å². The minimum atomic E-state index is -0.410. The molecule has 0 bridgehead atoms. The van der Waals surface area contributed by atoms with Crippen molar-refractivity contribution < 1.29 is 18.7 Å². The summed E-state index contributed by atoms with van der Waals surface area (Å²) in [7, 11) is 1.48. The lowest BCUT2D eigenvalue weighted by molar-refractivity contribution is -0.125. The molecule has 1 amide bonds. The van der Waals surface area contributed by atoms with Crippen molar-refractivity contribution in [3.63, 3.8) is 0 Å². The van der Waals surface area contributed by atoms with Gasteiger partial charge in [0.15, 0.2) is 0 Å². The molecule has 1 atom stereocenters. The summed E-state index contributed by atoms with van der Waals surface area (Å²) in [5.41, 5.74) is 1.07. The summed E-state index contributed by atoms with van der Waals surface area (Å²) >= 11 is 0. The van der Waals surface area contributed by atoms with Crippen molar-refractivity contribution in [1.29, 1.82) is 0 Å². The average molecular weight is 346 g/mol. The molecule has 25 heavy (non-hydrogen) atoms. The third kappa shape index (κ3) is 4.77. The number of methoxy groups -OCH3 is 1.